The minimum Gasteiger partial charge on any atom is -0.744 e. The van der Waals surface area contributed by atoms with Crippen molar-refractivity contribution >= 4 is 21.5 Å². The molecule has 0 radical (unpaired) electrons. The number of hydrogen-bond acceptors (Lipinski definition) is 5. The second kappa shape index (κ2) is 9.75. The topological polar surface area (TPSA) is 81.3 Å². The molecule has 0 aliphatic carbocycles. The smallest absolute Gasteiger partial charge is 0.225 e. The van der Waals surface area contributed by atoms with Crippen LogP contribution in [0, 0.1) is 13.8 Å². The van der Waals surface area contributed by atoms with Gasteiger partial charge in [-0.3, -0.25) is 0 Å². The zero-order valence-electron chi connectivity index (χ0n) is 15.3. The molecule has 1 N–H and O–H groups in total. The number of aliphatic hydroxyl groups excluding tert-OH is 1. The van der Waals surface area contributed by atoms with Crippen molar-refractivity contribution in [2.45, 2.75) is 31.7 Å². The molecule has 0 saturated carbocycles. The second-order valence-corrected chi connectivity index (χ2v) is 8.41. The van der Waals surface area contributed by atoms with E-state index in [1.807, 2.05) is 13.0 Å². The lowest BCUT2D eigenvalue weighted by Gasteiger charge is -2.05. The van der Waals surface area contributed by atoms with Gasteiger partial charge in [0, 0.05) is 25.5 Å². The molecule has 0 atom stereocenters. The van der Waals surface area contributed by atoms with Gasteiger partial charge in [-0.15, -0.1) is 0 Å². The van der Waals surface area contributed by atoms with Crippen molar-refractivity contribution < 1.29 is 22.6 Å². The summed E-state index contributed by atoms with van der Waals surface area (Å²) in [6.45, 7) is 5.08. The molecular weight excluding hydrogens is 382 g/mol. The first-order chi connectivity index (χ1) is 12.8. The summed E-state index contributed by atoms with van der Waals surface area (Å²) in [5.41, 5.74) is 5.64. The average molecular weight is 406 g/mol. The number of aromatic nitrogens is 1. The molecule has 1 heterocycles. The predicted octanol–water partition coefficient (Wildman–Crippen LogP) is 2.83. The number of rotatable bonds is 5. The molecule has 0 saturated heterocycles. The fourth-order valence-corrected chi connectivity index (χ4v) is 3.89. The van der Waals surface area contributed by atoms with Crippen LogP contribution in [0.15, 0.2) is 65.0 Å². The maximum Gasteiger partial charge on any atom is 0.225 e. The van der Waals surface area contributed by atoms with E-state index in [4.69, 9.17) is 5.11 Å². The van der Waals surface area contributed by atoms with Crippen molar-refractivity contribution in [1.82, 2.24) is 0 Å². The number of aryl methyl sites for hydroxylation is 1. The third kappa shape index (κ3) is 6.55. The van der Waals surface area contributed by atoms with Gasteiger partial charge in [-0.1, -0.05) is 59.4 Å². The Balaban J connectivity index is 0.000000208. The Kier molecular flexibility index (Phi) is 7.67. The van der Waals surface area contributed by atoms with Gasteiger partial charge < -0.3 is 9.66 Å². The largest absolute Gasteiger partial charge is 0.744 e. The van der Waals surface area contributed by atoms with Crippen molar-refractivity contribution in [3.63, 3.8) is 0 Å². The lowest BCUT2D eigenvalue weighted by molar-refractivity contribution is -0.689. The van der Waals surface area contributed by atoms with E-state index in [1.165, 1.54) is 28.3 Å². The Hall–Kier alpha value is -2.06. The Morgan fingerprint density at radius 3 is 2.22 bits per heavy atom. The predicted molar refractivity (Wildman–Crippen MR) is 105 cm³/mol. The third-order valence-corrected chi connectivity index (χ3v) is 5.99. The summed E-state index contributed by atoms with van der Waals surface area (Å²) < 4.78 is 33.4. The van der Waals surface area contributed by atoms with E-state index < -0.39 is 10.1 Å². The van der Waals surface area contributed by atoms with Crippen molar-refractivity contribution in [3.8, 4) is 0 Å². The van der Waals surface area contributed by atoms with Gasteiger partial charge in [0.2, 0.25) is 5.51 Å². The van der Waals surface area contributed by atoms with Crippen molar-refractivity contribution in [3.05, 3.63) is 81.8 Å². The van der Waals surface area contributed by atoms with Gasteiger partial charge >= 0.3 is 0 Å². The van der Waals surface area contributed by atoms with Gasteiger partial charge in [-0.05, 0) is 19.1 Å². The maximum atomic E-state index is 10.4. The van der Waals surface area contributed by atoms with Crippen LogP contribution in [-0.4, -0.2) is 24.7 Å². The first-order valence-corrected chi connectivity index (χ1v) is 10.7. The number of thiazole rings is 1. The molecule has 27 heavy (non-hydrogen) atoms. The standard InChI is InChI=1S/C13H16NOS.C7H8O3S/c1-11-13(7-8-15)16-10-14(11)9-12-5-3-2-4-6-12;1-6-2-4-7(5-3-6)11(8,9)10/h2-6,10,15H,7-9H2,1H3;2-5H,1H3,(H,8,9,10)/q+1;/p-1. The molecule has 5 nitrogen and oxygen atoms in total. The summed E-state index contributed by atoms with van der Waals surface area (Å²) in [5, 5.41) is 8.94. The molecule has 3 aromatic rings. The van der Waals surface area contributed by atoms with E-state index in [1.54, 1.807) is 23.5 Å². The fraction of sp³-hybridized carbons (Fsp3) is 0.250. The van der Waals surface area contributed by atoms with Gasteiger partial charge in [0.25, 0.3) is 0 Å². The minimum absolute atomic E-state index is 0.178. The van der Waals surface area contributed by atoms with Gasteiger partial charge in [0.15, 0.2) is 12.2 Å². The van der Waals surface area contributed by atoms with Crippen LogP contribution in [-0.2, 0) is 23.1 Å². The molecule has 0 aliphatic rings. The van der Waals surface area contributed by atoms with E-state index in [2.05, 4.69) is 41.3 Å². The van der Waals surface area contributed by atoms with Gasteiger partial charge in [-0.2, -0.15) is 4.57 Å². The zero-order valence-corrected chi connectivity index (χ0v) is 17.0. The van der Waals surface area contributed by atoms with E-state index in [0.29, 0.717) is 0 Å². The summed E-state index contributed by atoms with van der Waals surface area (Å²) in [7, 11) is -4.27. The highest BCUT2D eigenvalue weighted by Crippen LogP contribution is 2.12. The SMILES string of the molecule is Cc1c(CCO)sc[n+]1Cc1ccccc1.Cc1ccc(S(=O)(=O)[O-])cc1. The molecule has 0 spiro atoms. The summed E-state index contributed by atoms with van der Waals surface area (Å²) in [4.78, 5) is 1.10. The first kappa shape index (κ1) is 21.2. The van der Waals surface area contributed by atoms with E-state index in [0.717, 1.165) is 18.5 Å². The Morgan fingerprint density at radius 1 is 1.04 bits per heavy atom. The second-order valence-electron chi connectivity index (χ2n) is 6.09. The summed E-state index contributed by atoms with van der Waals surface area (Å²) >= 11 is 1.72. The molecule has 3 rings (SSSR count). The van der Waals surface area contributed by atoms with Gasteiger partial charge in [0.1, 0.15) is 10.1 Å². The number of nitrogens with zero attached hydrogens (tertiary/aromatic N) is 1. The van der Waals surface area contributed by atoms with Crippen LogP contribution in [0.2, 0.25) is 0 Å². The highest BCUT2D eigenvalue weighted by molar-refractivity contribution is 7.85. The average Bonchev–Trinajstić information content (AvgIpc) is 2.97. The quantitative estimate of drug-likeness (QED) is 0.523. The molecule has 0 bridgehead atoms. The molecule has 0 aliphatic heterocycles. The van der Waals surface area contributed by atoms with E-state index in [9.17, 15) is 13.0 Å². The summed E-state index contributed by atoms with van der Waals surface area (Å²) in [6.07, 6.45) is 0.762. The van der Waals surface area contributed by atoms with E-state index in [-0.39, 0.29) is 11.5 Å². The fourth-order valence-electron chi connectivity index (χ4n) is 2.43. The van der Waals surface area contributed by atoms with Crippen LogP contribution in [0.1, 0.15) is 21.7 Å². The number of hydrogen-bond donors (Lipinski definition) is 1. The van der Waals surface area contributed by atoms with Crippen molar-refractivity contribution in [2.24, 2.45) is 0 Å². The van der Waals surface area contributed by atoms with Gasteiger partial charge in [-0.25, -0.2) is 8.42 Å². The maximum absolute atomic E-state index is 10.4. The highest BCUT2D eigenvalue weighted by Gasteiger charge is 2.14. The van der Waals surface area contributed by atoms with Crippen molar-refractivity contribution in [2.75, 3.05) is 6.61 Å². The Morgan fingerprint density at radius 2 is 1.67 bits per heavy atom. The highest BCUT2D eigenvalue weighted by atomic mass is 32.2. The minimum atomic E-state index is -4.27. The van der Waals surface area contributed by atoms with Crippen LogP contribution in [0.4, 0.5) is 0 Å². The monoisotopic (exact) mass is 405 g/mol. The molecule has 2 aromatic carbocycles. The number of benzene rings is 2. The summed E-state index contributed by atoms with van der Waals surface area (Å²) in [5.74, 6) is 0. The summed E-state index contributed by atoms with van der Waals surface area (Å²) in [6, 6.07) is 16.2. The van der Waals surface area contributed by atoms with E-state index >= 15 is 0 Å². The number of aliphatic hydroxyl groups is 1. The Bertz CT molecular complexity index is 949. The molecule has 0 fully saturated rings. The van der Waals surface area contributed by atoms with Crippen LogP contribution in [0.25, 0.3) is 0 Å². The lowest BCUT2D eigenvalue weighted by Crippen LogP contribution is -2.35. The van der Waals surface area contributed by atoms with Crippen LogP contribution >= 0.6 is 11.3 Å². The molecule has 144 valence electrons. The lowest BCUT2D eigenvalue weighted by atomic mass is 10.2. The Labute approximate surface area is 164 Å². The van der Waals surface area contributed by atoms with Crippen LogP contribution in [0.5, 0.6) is 0 Å². The molecule has 1 aromatic heterocycles. The van der Waals surface area contributed by atoms with Crippen LogP contribution < -0.4 is 4.57 Å². The third-order valence-electron chi connectivity index (χ3n) is 4.00. The zero-order chi connectivity index (χ0) is 19.9. The molecule has 0 unspecified atom stereocenters. The van der Waals surface area contributed by atoms with Crippen LogP contribution in [0.3, 0.4) is 0 Å². The molecular formula is C20H23NO4S2. The van der Waals surface area contributed by atoms with Crippen molar-refractivity contribution in [1.29, 1.82) is 0 Å². The first-order valence-electron chi connectivity index (χ1n) is 8.45. The molecule has 0 amide bonds. The molecule has 7 heteroatoms. The normalized spacial score (nSPS) is 11.0. The van der Waals surface area contributed by atoms with Gasteiger partial charge in [0.05, 0.1) is 9.77 Å².